The van der Waals surface area contributed by atoms with Crippen LogP contribution in [0, 0.1) is 10.1 Å². The van der Waals surface area contributed by atoms with Crippen molar-refractivity contribution in [2.45, 2.75) is 6.54 Å². The molecule has 3 aromatic carbocycles. The third-order valence-corrected chi connectivity index (χ3v) is 2.91. The molecule has 0 aliphatic carbocycles. The number of non-ortho nitro benzene ring substituents is 1. The van der Waals surface area contributed by atoms with E-state index in [4.69, 9.17) is 0 Å². The molecule has 23 heavy (non-hydrogen) atoms. The summed E-state index contributed by atoms with van der Waals surface area (Å²) in [6.07, 6.45) is 1.72. The van der Waals surface area contributed by atoms with Gasteiger partial charge >= 0.3 is 17.1 Å². The molecule has 0 saturated carbocycles. The van der Waals surface area contributed by atoms with E-state index >= 15 is 0 Å². The fourth-order valence-electron chi connectivity index (χ4n) is 1.78. The van der Waals surface area contributed by atoms with Crippen LogP contribution in [-0.4, -0.2) is 11.1 Å². The van der Waals surface area contributed by atoms with E-state index in [-0.39, 0.29) is 22.8 Å². The summed E-state index contributed by atoms with van der Waals surface area (Å²) in [5.41, 5.74) is 2.11. The molecule has 5 heteroatoms. The molecule has 0 aliphatic heterocycles. The van der Waals surface area contributed by atoms with Gasteiger partial charge in [0.1, 0.15) is 0 Å². The Kier molecular flexibility index (Phi) is 8.29. The molecule has 0 saturated heterocycles. The zero-order chi connectivity index (χ0) is 15.6. The van der Waals surface area contributed by atoms with Crippen LogP contribution >= 0.6 is 0 Å². The summed E-state index contributed by atoms with van der Waals surface area (Å²) in [5, 5.41) is 10.5. The van der Waals surface area contributed by atoms with E-state index in [2.05, 4.69) is 4.99 Å². The molecule has 0 radical (unpaired) electrons. The first kappa shape index (κ1) is 18.6. The van der Waals surface area contributed by atoms with Gasteiger partial charge in [-0.1, -0.05) is 0 Å². The van der Waals surface area contributed by atoms with Crippen molar-refractivity contribution in [2.75, 3.05) is 0 Å². The molecule has 0 amide bonds. The van der Waals surface area contributed by atoms with Crippen molar-refractivity contribution in [3.63, 3.8) is 0 Å². The van der Waals surface area contributed by atoms with E-state index in [1.54, 1.807) is 18.3 Å². The molecule has 0 N–H and O–H groups in total. The second-order valence-corrected chi connectivity index (χ2v) is 4.57. The Hall–Kier alpha value is -2.49. The van der Waals surface area contributed by atoms with E-state index in [9.17, 15) is 10.1 Å². The first-order valence-electron chi connectivity index (χ1n) is 6.87. The average Bonchev–Trinajstić information content (AvgIpc) is 3.24. The van der Waals surface area contributed by atoms with Crippen molar-refractivity contribution in [3.05, 3.63) is 100 Å². The quantitative estimate of drug-likeness (QED) is 0.232. The average molecular weight is 348 g/mol. The summed E-state index contributed by atoms with van der Waals surface area (Å²) >= 11 is 0. The molecular weight excluding hydrogens is 332 g/mol. The minimum Gasteiger partial charge on any atom is -0.300 e. The Morgan fingerprint density at radius 3 is 2.17 bits per heavy atom. The van der Waals surface area contributed by atoms with E-state index < -0.39 is 4.92 Å². The summed E-state index contributed by atoms with van der Waals surface area (Å²) in [6.45, 7) is 0.629. The Labute approximate surface area is 145 Å². The molecule has 4 nitrogen and oxygen atoms in total. The predicted octanol–water partition coefficient (Wildman–Crippen LogP) is 4.34. The first-order chi connectivity index (χ1) is 10.8. The minimum absolute atomic E-state index is 0. The van der Waals surface area contributed by atoms with Crippen LogP contribution in [0.5, 0.6) is 0 Å². The predicted molar refractivity (Wildman–Crippen MR) is 88.5 cm³/mol. The number of hydrogen-bond donors (Lipinski definition) is 0. The van der Waals surface area contributed by atoms with Gasteiger partial charge < -0.3 is 4.99 Å². The Morgan fingerprint density at radius 1 is 1.09 bits per heavy atom. The number of benzene rings is 1. The maximum Gasteiger partial charge on any atom is 2.00 e. The second kappa shape index (κ2) is 10.3. The van der Waals surface area contributed by atoms with Crippen LogP contribution < -0.4 is 0 Å². The van der Waals surface area contributed by atoms with Crippen molar-refractivity contribution in [3.8, 4) is 0 Å². The van der Waals surface area contributed by atoms with Gasteiger partial charge in [0, 0.05) is 24.9 Å². The van der Waals surface area contributed by atoms with Crippen molar-refractivity contribution in [1.82, 2.24) is 0 Å². The molecule has 0 bridgehead atoms. The molecule has 3 aromatic rings. The molecule has 0 fully saturated rings. The molecule has 0 atom stereocenters. The molecule has 3 rings (SSSR count). The molecule has 118 valence electrons. The van der Waals surface area contributed by atoms with Gasteiger partial charge in [0.05, 0.1) is 4.92 Å². The van der Waals surface area contributed by atoms with Gasteiger partial charge in [-0.2, -0.15) is 30.3 Å². The number of hydrogen-bond acceptors (Lipinski definition) is 3. The van der Waals surface area contributed by atoms with Crippen molar-refractivity contribution in [2.24, 2.45) is 4.99 Å². The van der Waals surface area contributed by atoms with Gasteiger partial charge in [0.2, 0.25) is 0 Å². The normalized spacial score (nSPS) is 9.74. The molecule has 0 aliphatic rings. The summed E-state index contributed by atoms with van der Waals surface area (Å²) in [7, 11) is 0. The van der Waals surface area contributed by atoms with Crippen molar-refractivity contribution < 1.29 is 22.0 Å². The van der Waals surface area contributed by atoms with Gasteiger partial charge in [0.25, 0.3) is 5.69 Å². The molecule has 0 spiro atoms. The SMILES string of the molecule is O=[N+]([O-])c1ccc(C=NC[c-]2cccc2)cc1.[Fe+2].c1cc[cH-]c1. The zero-order valence-corrected chi connectivity index (χ0v) is 13.5. The Morgan fingerprint density at radius 2 is 1.70 bits per heavy atom. The number of aliphatic imine (C=N–C) groups is 1. The van der Waals surface area contributed by atoms with Crippen LogP contribution in [0.25, 0.3) is 0 Å². The third-order valence-electron chi connectivity index (χ3n) is 2.91. The molecular formula is C18H16FeN2O2. The monoisotopic (exact) mass is 348 g/mol. The van der Waals surface area contributed by atoms with Gasteiger partial charge in [-0.25, -0.2) is 24.3 Å². The molecule has 0 aromatic heterocycles. The van der Waals surface area contributed by atoms with Gasteiger partial charge in [-0.3, -0.25) is 10.1 Å². The van der Waals surface area contributed by atoms with Crippen LogP contribution in [0.1, 0.15) is 11.1 Å². The van der Waals surface area contributed by atoms with Crippen LogP contribution in [0.4, 0.5) is 5.69 Å². The fraction of sp³-hybridized carbons (Fsp3) is 0.0556. The van der Waals surface area contributed by atoms with Crippen LogP contribution in [-0.2, 0) is 23.6 Å². The summed E-state index contributed by atoms with van der Waals surface area (Å²) in [5.74, 6) is 0. The zero-order valence-electron chi connectivity index (χ0n) is 12.4. The summed E-state index contributed by atoms with van der Waals surface area (Å²) in [6, 6.07) is 24.3. The number of nitro benzene ring substituents is 1. The third kappa shape index (κ3) is 6.87. The maximum absolute atomic E-state index is 10.5. The standard InChI is InChI=1S/C13H11N2O2.C5H5.Fe/c16-15(17)13-7-5-12(6-8-13)10-14-9-11-3-1-2-4-11;1-2-4-5-3-1;/h1-8,10H,9H2;1-5H;/q2*-1;+2. The Bertz CT molecular complexity index is 670. The van der Waals surface area contributed by atoms with Crippen molar-refractivity contribution >= 4 is 11.9 Å². The maximum atomic E-state index is 10.5. The topological polar surface area (TPSA) is 55.5 Å². The summed E-state index contributed by atoms with van der Waals surface area (Å²) in [4.78, 5) is 14.3. The fourth-order valence-corrected chi connectivity index (χ4v) is 1.78. The first-order valence-corrected chi connectivity index (χ1v) is 6.87. The van der Waals surface area contributed by atoms with E-state index in [0.717, 1.165) is 11.1 Å². The number of nitro groups is 1. The minimum atomic E-state index is -0.412. The van der Waals surface area contributed by atoms with Crippen LogP contribution in [0.15, 0.2) is 83.9 Å². The van der Waals surface area contributed by atoms with Crippen LogP contribution in [0.3, 0.4) is 0 Å². The van der Waals surface area contributed by atoms with Crippen molar-refractivity contribution in [1.29, 1.82) is 0 Å². The van der Waals surface area contributed by atoms with E-state index in [0.29, 0.717) is 6.54 Å². The smallest absolute Gasteiger partial charge is 0.300 e. The number of nitrogens with zero attached hydrogens (tertiary/aromatic N) is 2. The van der Waals surface area contributed by atoms with E-state index in [1.165, 1.54) is 12.1 Å². The second-order valence-electron chi connectivity index (χ2n) is 4.57. The Balaban J connectivity index is 0.000000377. The molecule has 0 heterocycles. The molecule has 0 unspecified atom stereocenters. The summed E-state index contributed by atoms with van der Waals surface area (Å²) < 4.78 is 0. The largest absolute Gasteiger partial charge is 2.00 e. The number of rotatable bonds is 4. The van der Waals surface area contributed by atoms with Crippen LogP contribution in [0.2, 0.25) is 0 Å². The van der Waals surface area contributed by atoms with Gasteiger partial charge in [-0.15, -0.1) is 5.56 Å². The van der Waals surface area contributed by atoms with E-state index in [1.807, 2.05) is 54.6 Å². The van der Waals surface area contributed by atoms with Gasteiger partial charge in [0.15, 0.2) is 0 Å². The van der Waals surface area contributed by atoms with Gasteiger partial charge in [-0.05, 0) is 17.7 Å².